The number of amides is 1. The number of rotatable bonds is 2. The van der Waals surface area contributed by atoms with Crippen LogP contribution in [0.4, 0.5) is 18.9 Å². The first-order valence-electron chi connectivity index (χ1n) is 7.32. The summed E-state index contributed by atoms with van der Waals surface area (Å²) in [6.45, 7) is 0.910. The summed E-state index contributed by atoms with van der Waals surface area (Å²) in [5, 5.41) is 2.69. The molecule has 2 aromatic rings. The standard InChI is InChI=1S/C18H12F3NO3/c19-18(20,21)8-7-12-1-3-13(4-2-12)17(23)22-14-5-6-15-16(11-14)25-10-9-24-15/h1-6,11H,9-10H2,(H,22,23). The molecule has 7 heteroatoms. The summed E-state index contributed by atoms with van der Waals surface area (Å²) in [4.78, 5) is 12.2. The first-order chi connectivity index (χ1) is 11.9. The lowest BCUT2D eigenvalue weighted by Crippen LogP contribution is -2.16. The zero-order valence-electron chi connectivity index (χ0n) is 12.8. The molecule has 128 valence electrons. The molecular formula is C18H12F3NO3. The Morgan fingerprint density at radius 3 is 2.36 bits per heavy atom. The summed E-state index contributed by atoms with van der Waals surface area (Å²) >= 11 is 0. The smallest absolute Gasteiger partial charge is 0.458 e. The molecule has 0 spiro atoms. The van der Waals surface area contributed by atoms with E-state index in [2.05, 4.69) is 5.32 Å². The number of benzene rings is 2. The van der Waals surface area contributed by atoms with E-state index in [9.17, 15) is 18.0 Å². The summed E-state index contributed by atoms with van der Waals surface area (Å²) in [5.74, 6) is 3.93. The molecule has 0 atom stereocenters. The van der Waals surface area contributed by atoms with E-state index in [4.69, 9.17) is 9.47 Å². The van der Waals surface area contributed by atoms with E-state index in [0.717, 1.165) is 0 Å². The second kappa shape index (κ2) is 6.77. The molecule has 2 aromatic carbocycles. The highest BCUT2D eigenvalue weighted by atomic mass is 19.4. The van der Waals surface area contributed by atoms with Crippen LogP contribution in [0.1, 0.15) is 15.9 Å². The predicted molar refractivity (Wildman–Crippen MR) is 84.8 cm³/mol. The number of anilines is 1. The third-order valence-electron chi connectivity index (χ3n) is 3.30. The molecule has 0 bridgehead atoms. The van der Waals surface area contributed by atoms with Gasteiger partial charge in [-0.15, -0.1) is 0 Å². The highest BCUT2D eigenvalue weighted by Gasteiger charge is 2.22. The molecule has 0 saturated carbocycles. The van der Waals surface area contributed by atoms with E-state index in [1.54, 1.807) is 18.2 Å². The van der Waals surface area contributed by atoms with Gasteiger partial charge in [0, 0.05) is 28.8 Å². The molecule has 0 unspecified atom stereocenters. The number of ether oxygens (including phenoxy) is 2. The van der Waals surface area contributed by atoms with Crippen molar-refractivity contribution >= 4 is 11.6 Å². The maximum absolute atomic E-state index is 12.2. The number of fused-ring (bicyclic) bond motifs is 1. The molecule has 0 radical (unpaired) electrons. The Bertz CT molecular complexity index is 849. The second-order valence-corrected chi connectivity index (χ2v) is 5.14. The lowest BCUT2D eigenvalue weighted by Gasteiger charge is -2.19. The molecule has 1 aliphatic rings. The van der Waals surface area contributed by atoms with Crippen molar-refractivity contribution in [1.29, 1.82) is 0 Å². The van der Waals surface area contributed by atoms with Crippen LogP contribution in [-0.4, -0.2) is 25.3 Å². The monoisotopic (exact) mass is 347 g/mol. The van der Waals surface area contributed by atoms with Crippen molar-refractivity contribution in [2.45, 2.75) is 6.18 Å². The molecule has 4 nitrogen and oxygen atoms in total. The van der Waals surface area contributed by atoms with Crippen molar-refractivity contribution in [3.05, 3.63) is 53.6 Å². The molecule has 0 aliphatic carbocycles. The Kier molecular flexibility index (Phi) is 4.52. The van der Waals surface area contributed by atoms with Crippen LogP contribution in [0.2, 0.25) is 0 Å². The van der Waals surface area contributed by atoms with Gasteiger partial charge in [0.05, 0.1) is 0 Å². The SMILES string of the molecule is O=C(Nc1ccc2c(c1)OCCO2)c1ccc(C#CC(F)(F)F)cc1. The molecule has 0 fully saturated rings. The predicted octanol–water partition coefficient (Wildman–Crippen LogP) is 3.62. The van der Waals surface area contributed by atoms with Crippen LogP contribution in [0, 0.1) is 11.8 Å². The molecule has 3 rings (SSSR count). The van der Waals surface area contributed by atoms with Crippen molar-refractivity contribution in [2.75, 3.05) is 18.5 Å². The number of hydrogen-bond donors (Lipinski definition) is 1. The highest BCUT2D eigenvalue weighted by Crippen LogP contribution is 2.32. The van der Waals surface area contributed by atoms with Crippen LogP contribution in [0.25, 0.3) is 0 Å². The van der Waals surface area contributed by atoms with Crippen LogP contribution >= 0.6 is 0 Å². The van der Waals surface area contributed by atoms with Crippen molar-refractivity contribution in [3.63, 3.8) is 0 Å². The minimum Gasteiger partial charge on any atom is -0.486 e. The highest BCUT2D eigenvalue weighted by molar-refractivity contribution is 6.04. The van der Waals surface area contributed by atoms with Crippen molar-refractivity contribution in [2.24, 2.45) is 0 Å². The van der Waals surface area contributed by atoms with E-state index >= 15 is 0 Å². The van der Waals surface area contributed by atoms with Gasteiger partial charge in [0.1, 0.15) is 13.2 Å². The van der Waals surface area contributed by atoms with Gasteiger partial charge in [-0.25, -0.2) is 0 Å². The second-order valence-electron chi connectivity index (χ2n) is 5.14. The number of carbonyl (C=O) groups is 1. The lowest BCUT2D eigenvalue weighted by molar-refractivity contribution is -0.0696. The Balaban J connectivity index is 1.70. The Labute approximate surface area is 141 Å². The largest absolute Gasteiger partial charge is 0.486 e. The minimum absolute atomic E-state index is 0.174. The van der Waals surface area contributed by atoms with E-state index in [0.29, 0.717) is 36.0 Å². The van der Waals surface area contributed by atoms with Crippen molar-refractivity contribution in [1.82, 2.24) is 0 Å². The van der Waals surface area contributed by atoms with Gasteiger partial charge in [-0.05, 0) is 36.4 Å². The molecule has 1 aliphatic heterocycles. The first-order valence-corrected chi connectivity index (χ1v) is 7.32. The van der Waals surface area contributed by atoms with Crippen LogP contribution in [0.15, 0.2) is 42.5 Å². The van der Waals surface area contributed by atoms with Crippen LogP contribution in [-0.2, 0) is 0 Å². The van der Waals surface area contributed by atoms with Crippen LogP contribution in [0.5, 0.6) is 11.5 Å². The Hall–Kier alpha value is -3.14. The van der Waals surface area contributed by atoms with Crippen LogP contribution < -0.4 is 14.8 Å². The molecule has 1 heterocycles. The fourth-order valence-corrected chi connectivity index (χ4v) is 2.17. The van der Waals surface area contributed by atoms with E-state index < -0.39 is 12.1 Å². The van der Waals surface area contributed by atoms with Gasteiger partial charge < -0.3 is 14.8 Å². The summed E-state index contributed by atoms with van der Waals surface area (Å²) in [7, 11) is 0. The molecule has 25 heavy (non-hydrogen) atoms. The quantitative estimate of drug-likeness (QED) is 0.844. The van der Waals surface area contributed by atoms with Crippen molar-refractivity contribution in [3.8, 4) is 23.3 Å². The minimum atomic E-state index is -4.55. The van der Waals surface area contributed by atoms with Gasteiger partial charge in [0.25, 0.3) is 5.91 Å². The first kappa shape index (κ1) is 16.7. The molecule has 0 saturated heterocycles. The summed E-state index contributed by atoms with van der Waals surface area (Å²) in [6.07, 6.45) is -4.55. The average Bonchev–Trinajstić information content (AvgIpc) is 2.59. The number of halogens is 3. The van der Waals surface area contributed by atoms with E-state index in [1.807, 2.05) is 5.92 Å². The van der Waals surface area contributed by atoms with Crippen molar-refractivity contribution < 1.29 is 27.4 Å². The summed E-state index contributed by atoms with van der Waals surface area (Å²) in [5.41, 5.74) is 0.996. The van der Waals surface area contributed by atoms with E-state index in [-0.39, 0.29) is 5.56 Å². The topological polar surface area (TPSA) is 47.6 Å². The zero-order chi connectivity index (χ0) is 17.9. The zero-order valence-corrected chi connectivity index (χ0v) is 12.8. The van der Waals surface area contributed by atoms with Crippen LogP contribution in [0.3, 0.4) is 0 Å². The van der Waals surface area contributed by atoms with Gasteiger partial charge >= 0.3 is 6.18 Å². The number of hydrogen-bond acceptors (Lipinski definition) is 3. The fourth-order valence-electron chi connectivity index (χ4n) is 2.17. The third kappa shape index (κ3) is 4.44. The van der Waals surface area contributed by atoms with Gasteiger partial charge in [0.15, 0.2) is 11.5 Å². The fraction of sp³-hybridized carbons (Fsp3) is 0.167. The number of carbonyl (C=O) groups excluding carboxylic acids is 1. The summed E-state index contributed by atoms with van der Waals surface area (Å²) < 4.78 is 47.0. The Morgan fingerprint density at radius 2 is 1.68 bits per heavy atom. The Morgan fingerprint density at radius 1 is 1.00 bits per heavy atom. The van der Waals surface area contributed by atoms with Gasteiger partial charge in [-0.1, -0.05) is 5.92 Å². The normalized spacial score (nSPS) is 12.8. The van der Waals surface area contributed by atoms with Gasteiger partial charge in [-0.2, -0.15) is 13.2 Å². The molecular weight excluding hydrogens is 335 g/mol. The lowest BCUT2D eigenvalue weighted by atomic mass is 10.1. The summed E-state index contributed by atoms with van der Waals surface area (Å²) in [6, 6.07) is 10.6. The molecule has 0 aromatic heterocycles. The average molecular weight is 347 g/mol. The molecule has 1 N–H and O–H groups in total. The number of alkyl halides is 3. The van der Waals surface area contributed by atoms with Gasteiger partial charge in [0.2, 0.25) is 0 Å². The third-order valence-corrected chi connectivity index (χ3v) is 3.30. The maximum atomic E-state index is 12.2. The van der Waals surface area contributed by atoms with Gasteiger partial charge in [-0.3, -0.25) is 4.79 Å². The van der Waals surface area contributed by atoms with E-state index in [1.165, 1.54) is 30.2 Å². The number of nitrogens with one attached hydrogen (secondary N) is 1. The molecule has 1 amide bonds. The maximum Gasteiger partial charge on any atom is 0.458 e.